The first-order chi connectivity index (χ1) is 11.0. The molecule has 2 aromatic rings. The summed E-state index contributed by atoms with van der Waals surface area (Å²) in [5.41, 5.74) is 1.24. The Morgan fingerprint density at radius 2 is 2.13 bits per heavy atom. The monoisotopic (exact) mass is 334 g/mol. The molecule has 122 valence electrons. The van der Waals surface area contributed by atoms with Crippen LogP contribution < -0.4 is 5.32 Å². The van der Waals surface area contributed by atoms with Gasteiger partial charge in [-0.2, -0.15) is 0 Å². The molecule has 0 radical (unpaired) electrons. The van der Waals surface area contributed by atoms with E-state index in [0.29, 0.717) is 16.5 Å². The normalized spacial score (nSPS) is 14.9. The van der Waals surface area contributed by atoms with Crippen molar-refractivity contribution in [2.24, 2.45) is 0 Å². The lowest BCUT2D eigenvalue weighted by atomic mass is 9.99. The van der Waals surface area contributed by atoms with Crippen LogP contribution in [0.15, 0.2) is 16.7 Å². The van der Waals surface area contributed by atoms with Crippen LogP contribution in [0.1, 0.15) is 45.6 Å². The standard InChI is InChI=1S/C16H18N2O4S/c1-9-7-14(18-22-9)17-15(19)10(2)21-16(20)13-8-11-5-3-4-6-12(11)23-13/h7-8,10H,3-6H2,1-2H3,(H,17,18,19). The zero-order chi connectivity index (χ0) is 16.4. The van der Waals surface area contributed by atoms with Gasteiger partial charge in [-0.25, -0.2) is 4.79 Å². The molecule has 1 atom stereocenters. The van der Waals surface area contributed by atoms with Crippen LogP contribution in [0.3, 0.4) is 0 Å². The van der Waals surface area contributed by atoms with Gasteiger partial charge in [0.05, 0.1) is 0 Å². The SMILES string of the molecule is Cc1cc(NC(=O)C(C)OC(=O)c2cc3c(s2)CCCC3)no1. The summed E-state index contributed by atoms with van der Waals surface area (Å²) in [4.78, 5) is 26.1. The Kier molecular flexibility index (Phi) is 4.47. The number of nitrogens with zero attached hydrogens (tertiary/aromatic N) is 1. The lowest BCUT2D eigenvalue weighted by Gasteiger charge is -2.11. The molecule has 3 rings (SSSR count). The molecule has 7 heteroatoms. The highest BCUT2D eigenvalue weighted by Gasteiger charge is 2.23. The first-order valence-corrected chi connectivity index (χ1v) is 8.41. The smallest absolute Gasteiger partial charge is 0.349 e. The number of rotatable bonds is 4. The number of carbonyl (C=O) groups is 2. The molecule has 1 aliphatic rings. The number of amides is 1. The summed E-state index contributed by atoms with van der Waals surface area (Å²) in [7, 11) is 0. The third-order valence-electron chi connectivity index (χ3n) is 3.73. The van der Waals surface area contributed by atoms with Gasteiger partial charge in [0.2, 0.25) is 0 Å². The third kappa shape index (κ3) is 3.61. The summed E-state index contributed by atoms with van der Waals surface area (Å²) in [5, 5.41) is 6.22. The first kappa shape index (κ1) is 15.7. The van der Waals surface area contributed by atoms with Gasteiger partial charge in [0.1, 0.15) is 10.6 Å². The van der Waals surface area contributed by atoms with E-state index in [4.69, 9.17) is 9.26 Å². The van der Waals surface area contributed by atoms with Crippen molar-refractivity contribution in [3.63, 3.8) is 0 Å². The fourth-order valence-electron chi connectivity index (χ4n) is 2.52. The second-order valence-electron chi connectivity index (χ2n) is 5.63. The van der Waals surface area contributed by atoms with Crippen molar-refractivity contribution in [3.05, 3.63) is 33.2 Å². The molecule has 23 heavy (non-hydrogen) atoms. The molecule has 0 fully saturated rings. The molecule has 1 aliphatic carbocycles. The molecular formula is C16H18N2O4S. The van der Waals surface area contributed by atoms with Crippen molar-refractivity contribution in [1.82, 2.24) is 5.16 Å². The predicted octanol–water partition coefficient (Wildman–Crippen LogP) is 3.11. The first-order valence-electron chi connectivity index (χ1n) is 7.59. The van der Waals surface area contributed by atoms with Crippen molar-refractivity contribution in [2.45, 2.75) is 45.6 Å². The van der Waals surface area contributed by atoms with E-state index >= 15 is 0 Å². The largest absolute Gasteiger partial charge is 0.448 e. The van der Waals surface area contributed by atoms with E-state index in [1.807, 2.05) is 6.07 Å². The molecule has 0 aliphatic heterocycles. The molecule has 1 unspecified atom stereocenters. The van der Waals surface area contributed by atoms with Crippen molar-refractivity contribution in [1.29, 1.82) is 0 Å². The molecule has 0 aromatic carbocycles. The minimum absolute atomic E-state index is 0.307. The average molecular weight is 334 g/mol. The van der Waals surface area contributed by atoms with Gasteiger partial charge < -0.3 is 14.6 Å². The van der Waals surface area contributed by atoms with Gasteiger partial charge in [0.15, 0.2) is 11.9 Å². The Morgan fingerprint density at radius 1 is 1.35 bits per heavy atom. The quantitative estimate of drug-likeness (QED) is 0.869. The van der Waals surface area contributed by atoms with E-state index in [1.54, 1.807) is 13.0 Å². The van der Waals surface area contributed by atoms with E-state index in [0.717, 1.165) is 25.7 Å². The Balaban J connectivity index is 1.60. The Labute approximate surface area is 137 Å². The molecule has 0 spiro atoms. The van der Waals surface area contributed by atoms with Gasteiger partial charge in [-0.3, -0.25) is 4.79 Å². The highest BCUT2D eigenvalue weighted by Crippen LogP contribution is 2.30. The minimum Gasteiger partial charge on any atom is -0.448 e. The summed E-state index contributed by atoms with van der Waals surface area (Å²) < 4.78 is 10.1. The summed E-state index contributed by atoms with van der Waals surface area (Å²) in [6.07, 6.45) is 3.46. The van der Waals surface area contributed by atoms with Crippen LogP contribution in [0.25, 0.3) is 0 Å². The Morgan fingerprint density at radius 3 is 2.83 bits per heavy atom. The maximum Gasteiger partial charge on any atom is 0.349 e. The fourth-order valence-corrected chi connectivity index (χ4v) is 3.65. The molecule has 1 N–H and O–H groups in total. The van der Waals surface area contributed by atoms with Crippen LogP contribution in [-0.4, -0.2) is 23.1 Å². The summed E-state index contributed by atoms with van der Waals surface area (Å²) in [6.45, 7) is 3.26. The Bertz CT molecular complexity index is 711. The zero-order valence-electron chi connectivity index (χ0n) is 13.0. The number of hydrogen-bond donors (Lipinski definition) is 1. The van der Waals surface area contributed by atoms with E-state index in [9.17, 15) is 9.59 Å². The highest BCUT2D eigenvalue weighted by molar-refractivity contribution is 7.14. The van der Waals surface area contributed by atoms with Crippen molar-refractivity contribution < 1.29 is 18.8 Å². The maximum absolute atomic E-state index is 12.2. The summed E-state index contributed by atoms with van der Waals surface area (Å²) >= 11 is 1.47. The molecule has 0 bridgehead atoms. The number of aryl methyl sites for hydroxylation is 3. The number of hydrogen-bond acceptors (Lipinski definition) is 6. The van der Waals surface area contributed by atoms with Crippen LogP contribution >= 0.6 is 11.3 Å². The number of aromatic nitrogens is 1. The molecule has 1 amide bonds. The maximum atomic E-state index is 12.2. The zero-order valence-corrected chi connectivity index (χ0v) is 13.9. The average Bonchev–Trinajstić information content (AvgIpc) is 3.13. The number of carbonyl (C=O) groups excluding carboxylic acids is 2. The highest BCUT2D eigenvalue weighted by atomic mass is 32.1. The molecule has 6 nitrogen and oxygen atoms in total. The van der Waals surface area contributed by atoms with E-state index in [2.05, 4.69) is 10.5 Å². The van der Waals surface area contributed by atoms with Gasteiger partial charge in [-0.15, -0.1) is 11.3 Å². The van der Waals surface area contributed by atoms with E-state index in [1.165, 1.54) is 28.7 Å². The second kappa shape index (κ2) is 6.54. The van der Waals surface area contributed by atoms with Gasteiger partial charge in [0.25, 0.3) is 5.91 Å². The molecule has 2 aromatic heterocycles. The number of nitrogens with one attached hydrogen (secondary N) is 1. The molecule has 0 saturated heterocycles. The van der Waals surface area contributed by atoms with Crippen LogP contribution in [-0.2, 0) is 22.4 Å². The van der Waals surface area contributed by atoms with Crippen LogP contribution in [0.4, 0.5) is 5.82 Å². The van der Waals surface area contributed by atoms with Crippen molar-refractivity contribution in [3.8, 4) is 0 Å². The number of anilines is 1. The van der Waals surface area contributed by atoms with Crippen molar-refractivity contribution >= 4 is 29.0 Å². The van der Waals surface area contributed by atoms with Crippen LogP contribution in [0.5, 0.6) is 0 Å². The van der Waals surface area contributed by atoms with Gasteiger partial charge in [0, 0.05) is 10.9 Å². The van der Waals surface area contributed by atoms with Crippen LogP contribution in [0, 0.1) is 6.92 Å². The predicted molar refractivity (Wildman–Crippen MR) is 85.7 cm³/mol. The fraction of sp³-hybridized carbons (Fsp3) is 0.438. The number of ether oxygens (including phenoxy) is 1. The minimum atomic E-state index is -0.904. The number of fused-ring (bicyclic) bond motifs is 1. The lowest BCUT2D eigenvalue weighted by molar-refractivity contribution is -0.123. The van der Waals surface area contributed by atoms with Gasteiger partial charge >= 0.3 is 5.97 Å². The van der Waals surface area contributed by atoms with Crippen LogP contribution in [0.2, 0.25) is 0 Å². The van der Waals surface area contributed by atoms with Gasteiger partial charge in [-0.05, 0) is 51.2 Å². The molecule has 0 saturated carbocycles. The second-order valence-corrected chi connectivity index (χ2v) is 6.76. The van der Waals surface area contributed by atoms with E-state index in [-0.39, 0.29) is 0 Å². The third-order valence-corrected chi connectivity index (χ3v) is 4.95. The lowest BCUT2D eigenvalue weighted by Crippen LogP contribution is -2.29. The summed E-state index contributed by atoms with van der Waals surface area (Å²) in [5.74, 6) is 0.00690. The topological polar surface area (TPSA) is 81.4 Å². The Hall–Kier alpha value is -2.15. The number of esters is 1. The van der Waals surface area contributed by atoms with E-state index < -0.39 is 18.0 Å². The molecule has 2 heterocycles. The number of thiophene rings is 1. The molecular weight excluding hydrogens is 316 g/mol. The summed E-state index contributed by atoms with van der Waals surface area (Å²) in [6, 6.07) is 3.49. The van der Waals surface area contributed by atoms with Crippen molar-refractivity contribution in [2.75, 3.05) is 5.32 Å². The van der Waals surface area contributed by atoms with Gasteiger partial charge in [-0.1, -0.05) is 5.16 Å².